The van der Waals surface area contributed by atoms with Gasteiger partial charge in [-0.15, -0.1) is 0 Å². The molecule has 0 fully saturated rings. The molecule has 1 atom stereocenters. The highest BCUT2D eigenvalue weighted by atomic mass is 16.4. The molecule has 0 aromatic carbocycles. The molecule has 0 aliphatic rings. The molecule has 0 saturated carbocycles. The minimum atomic E-state index is -0.758. The molecule has 1 unspecified atom stereocenters. The predicted molar refractivity (Wildman–Crippen MR) is 48.8 cm³/mol. The molecule has 0 radical (unpaired) electrons. The maximum absolute atomic E-state index is 10.4. The van der Waals surface area contributed by atoms with Crippen LogP contribution < -0.4 is 5.73 Å². The quantitative estimate of drug-likeness (QED) is 0.614. The standard InChI is InChI=1S/C9H17NO2/c1-7(2)5-8(3-4-10)6-9(11)12/h5,8H,3-4,6,10H2,1-2H3,(H,11,12). The lowest BCUT2D eigenvalue weighted by atomic mass is 9.99. The fourth-order valence-electron chi connectivity index (χ4n) is 1.15. The molecule has 0 aromatic rings. The van der Waals surface area contributed by atoms with Crippen LogP contribution in [0.4, 0.5) is 0 Å². The van der Waals surface area contributed by atoms with E-state index < -0.39 is 5.97 Å². The van der Waals surface area contributed by atoms with Gasteiger partial charge in [0, 0.05) is 0 Å². The Bertz CT molecular complexity index is 171. The molecule has 3 heteroatoms. The van der Waals surface area contributed by atoms with E-state index in [2.05, 4.69) is 0 Å². The Balaban J connectivity index is 4.04. The van der Waals surface area contributed by atoms with Gasteiger partial charge in [-0.3, -0.25) is 4.79 Å². The molecule has 3 nitrogen and oxygen atoms in total. The molecule has 0 heterocycles. The fraction of sp³-hybridized carbons (Fsp3) is 0.667. The first-order valence-electron chi connectivity index (χ1n) is 4.13. The highest BCUT2D eigenvalue weighted by Gasteiger charge is 2.08. The van der Waals surface area contributed by atoms with Crippen molar-refractivity contribution in [3.8, 4) is 0 Å². The number of carboxylic acids is 1. The second kappa shape index (κ2) is 5.77. The van der Waals surface area contributed by atoms with E-state index in [0.29, 0.717) is 6.54 Å². The number of carboxylic acid groups (broad SMARTS) is 1. The summed E-state index contributed by atoms with van der Waals surface area (Å²) in [4.78, 5) is 10.4. The number of hydrogen-bond donors (Lipinski definition) is 2. The van der Waals surface area contributed by atoms with Gasteiger partial charge in [-0.1, -0.05) is 11.6 Å². The molecule has 70 valence electrons. The summed E-state index contributed by atoms with van der Waals surface area (Å²) in [7, 11) is 0. The topological polar surface area (TPSA) is 63.3 Å². The Kier molecular flexibility index (Phi) is 5.37. The Labute approximate surface area is 73.3 Å². The van der Waals surface area contributed by atoms with Crippen LogP contribution in [-0.4, -0.2) is 17.6 Å². The van der Waals surface area contributed by atoms with Crippen LogP contribution in [0.1, 0.15) is 26.7 Å². The van der Waals surface area contributed by atoms with Crippen molar-refractivity contribution in [2.45, 2.75) is 26.7 Å². The Morgan fingerprint density at radius 1 is 1.58 bits per heavy atom. The van der Waals surface area contributed by atoms with Crippen molar-refractivity contribution in [2.24, 2.45) is 11.7 Å². The van der Waals surface area contributed by atoms with Crippen LogP contribution in [0.2, 0.25) is 0 Å². The molecule has 0 aliphatic heterocycles. The number of allylic oxidation sites excluding steroid dienone is 2. The van der Waals surface area contributed by atoms with E-state index in [-0.39, 0.29) is 12.3 Å². The van der Waals surface area contributed by atoms with E-state index in [1.54, 1.807) is 0 Å². The zero-order chi connectivity index (χ0) is 9.56. The van der Waals surface area contributed by atoms with Crippen LogP contribution in [0.25, 0.3) is 0 Å². The summed E-state index contributed by atoms with van der Waals surface area (Å²) in [5.41, 5.74) is 6.51. The maximum Gasteiger partial charge on any atom is 0.303 e. The minimum Gasteiger partial charge on any atom is -0.481 e. The minimum absolute atomic E-state index is 0.0949. The van der Waals surface area contributed by atoms with Crippen molar-refractivity contribution in [2.75, 3.05) is 6.54 Å². The van der Waals surface area contributed by atoms with Gasteiger partial charge in [-0.25, -0.2) is 0 Å². The Morgan fingerprint density at radius 2 is 2.17 bits per heavy atom. The number of aliphatic carboxylic acids is 1. The number of carbonyl (C=O) groups is 1. The molecule has 0 saturated heterocycles. The molecule has 0 aliphatic carbocycles. The molecule has 0 spiro atoms. The molecule has 0 aromatic heterocycles. The van der Waals surface area contributed by atoms with E-state index in [1.807, 2.05) is 19.9 Å². The van der Waals surface area contributed by atoms with Gasteiger partial charge >= 0.3 is 5.97 Å². The van der Waals surface area contributed by atoms with Gasteiger partial charge in [-0.05, 0) is 32.7 Å². The van der Waals surface area contributed by atoms with E-state index in [4.69, 9.17) is 10.8 Å². The first-order chi connectivity index (χ1) is 5.56. The van der Waals surface area contributed by atoms with Gasteiger partial charge in [0.05, 0.1) is 6.42 Å². The lowest BCUT2D eigenvalue weighted by Gasteiger charge is -2.08. The average Bonchev–Trinajstić information content (AvgIpc) is 1.84. The second-order valence-corrected chi connectivity index (χ2v) is 3.18. The largest absolute Gasteiger partial charge is 0.481 e. The third kappa shape index (κ3) is 5.92. The number of rotatable bonds is 5. The molecular weight excluding hydrogens is 154 g/mol. The monoisotopic (exact) mass is 171 g/mol. The third-order valence-electron chi connectivity index (χ3n) is 1.54. The molecular formula is C9H17NO2. The van der Waals surface area contributed by atoms with Gasteiger partial charge in [-0.2, -0.15) is 0 Å². The van der Waals surface area contributed by atoms with E-state index >= 15 is 0 Å². The smallest absolute Gasteiger partial charge is 0.303 e. The average molecular weight is 171 g/mol. The highest BCUT2D eigenvalue weighted by Crippen LogP contribution is 2.11. The molecule has 3 N–H and O–H groups in total. The first-order valence-corrected chi connectivity index (χ1v) is 4.13. The Hall–Kier alpha value is -0.830. The SMILES string of the molecule is CC(C)=CC(CCN)CC(=O)O. The van der Waals surface area contributed by atoms with Crippen molar-refractivity contribution < 1.29 is 9.90 Å². The van der Waals surface area contributed by atoms with Crippen molar-refractivity contribution in [3.05, 3.63) is 11.6 Å². The van der Waals surface area contributed by atoms with Gasteiger partial charge in [0.1, 0.15) is 0 Å². The lowest BCUT2D eigenvalue weighted by Crippen LogP contribution is -2.11. The second-order valence-electron chi connectivity index (χ2n) is 3.18. The molecule has 12 heavy (non-hydrogen) atoms. The summed E-state index contributed by atoms with van der Waals surface area (Å²) in [6, 6.07) is 0. The summed E-state index contributed by atoms with van der Waals surface area (Å²) >= 11 is 0. The highest BCUT2D eigenvalue weighted by molar-refractivity contribution is 5.67. The number of nitrogens with two attached hydrogens (primary N) is 1. The van der Waals surface area contributed by atoms with Crippen molar-refractivity contribution in [1.82, 2.24) is 0 Å². The molecule has 0 rings (SSSR count). The zero-order valence-corrected chi connectivity index (χ0v) is 7.71. The fourth-order valence-corrected chi connectivity index (χ4v) is 1.15. The van der Waals surface area contributed by atoms with E-state index in [0.717, 1.165) is 12.0 Å². The first kappa shape index (κ1) is 11.2. The van der Waals surface area contributed by atoms with E-state index in [9.17, 15) is 4.79 Å². The van der Waals surface area contributed by atoms with E-state index in [1.165, 1.54) is 0 Å². The Morgan fingerprint density at radius 3 is 2.50 bits per heavy atom. The summed E-state index contributed by atoms with van der Waals surface area (Å²) in [5.74, 6) is -0.663. The lowest BCUT2D eigenvalue weighted by molar-refractivity contribution is -0.137. The molecule has 0 amide bonds. The number of hydrogen-bond acceptors (Lipinski definition) is 2. The zero-order valence-electron chi connectivity index (χ0n) is 7.71. The third-order valence-corrected chi connectivity index (χ3v) is 1.54. The predicted octanol–water partition coefficient (Wildman–Crippen LogP) is 1.39. The van der Waals surface area contributed by atoms with Crippen molar-refractivity contribution in [1.29, 1.82) is 0 Å². The molecule has 0 bridgehead atoms. The summed E-state index contributed by atoms with van der Waals surface area (Å²) in [5, 5.41) is 8.55. The summed E-state index contributed by atoms with van der Waals surface area (Å²) < 4.78 is 0. The van der Waals surface area contributed by atoms with Crippen LogP contribution in [0, 0.1) is 5.92 Å². The maximum atomic E-state index is 10.4. The van der Waals surface area contributed by atoms with Crippen molar-refractivity contribution >= 4 is 5.97 Å². The van der Waals surface area contributed by atoms with Crippen LogP contribution in [0.15, 0.2) is 11.6 Å². The summed E-state index contributed by atoms with van der Waals surface area (Å²) in [6.07, 6.45) is 2.90. The van der Waals surface area contributed by atoms with Crippen LogP contribution in [-0.2, 0) is 4.79 Å². The van der Waals surface area contributed by atoms with Crippen LogP contribution in [0.3, 0.4) is 0 Å². The van der Waals surface area contributed by atoms with Crippen molar-refractivity contribution in [3.63, 3.8) is 0 Å². The van der Waals surface area contributed by atoms with Gasteiger partial charge in [0.2, 0.25) is 0 Å². The van der Waals surface area contributed by atoms with Gasteiger partial charge in [0.15, 0.2) is 0 Å². The van der Waals surface area contributed by atoms with Crippen LogP contribution >= 0.6 is 0 Å². The summed E-state index contributed by atoms with van der Waals surface area (Å²) in [6.45, 7) is 4.47. The normalized spacial score (nSPS) is 12.2. The van der Waals surface area contributed by atoms with Crippen LogP contribution in [0.5, 0.6) is 0 Å². The van der Waals surface area contributed by atoms with Gasteiger partial charge < -0.3 is 10.8 Å². The van der Waals surface area contributed by atoms with Gasteiger partial charge in [0.25, 0.3) is 0 Å².